The summed E-state index contributed by atoms with van der Waals surface area (Å²) in [6, 6.07) is 5.01. The molecule has 0 bridgehead atoms. The number of hydrogen-bond acceptors (Lipinski definition) is 1. The molecule has 1 aromatic carbocycles. The Balaban J connectivity index is 2.94. The van der Waals surface area contributed by atoms with E-state index in [-0.39, 0.29) is 5.02 Å². The van der Waals surface area contributed by atoms with Crippen molar-refractivity contribution in [2.24, 2.45) is 0 Å². The second-order valence-electron chi connectivity index (χ2n) is 2.55. The van der Waals surface area contributed by atoms with Crippen LogP contribution in [0.4, 0.5) is 4.39 Å². The predicted octanol–water partition coefficient (Wildman–Crippen LogP) is 3.79. The number of benzene rings is 1. The molecule has 0 spiro atoms. The highest BCUT2D eigenvalue weighted by atomic mass is 79.9. The summed E-state index contributed by atoms with van der Waals surface area (Å²) in [4.78, 5) is 3.91. The van der Waals surface area contributed by atoms with E-state index in [1.165, 1.54) is 12.3 Å². The molecule has 0 atom stereocenters. The smallest absolute Gasteiger partial charge is 0.168 e. The number of halogens is 3. The highest BCUT2D eigenvalue weighted by molar-refractivity contribution is 9.10. The lowest BCUT2D eigenvalue weighted by Crippen LogP contribution is -1.85. The zero-order chi connectivity index (χ0) is 9.42. The number of aromatic nitrogens is 1. The van der Waals surface area contributed by atoms with Crippen LogP contribution in [0.1, 0.15) is 0 Å². The zero-order valence-electron chi connectivity index (χ0n) is 6.39. The van der Waals surface area contributed by atoms with Gasteiger partial charge in [-0.25, -0.2) is 4.39 Å². The summed E-state index contributed by atoms with van der Waals surface area (Å²) in [5, 5.41) is 0.822. The van der Waals surface area contributed by atoms with Crippen molar-refractivity contribution >= 4 is 38.4 Å². The first-order valence-electron chi connectivity index (χ1n) is 3.58. The molecule has 0 radical (unpaired) electrons. The Kier molecular flexibility index (Phi) is 2.22. The number of fused-ring (bicyclic) bond motifs is 1. The van der Waals surface area contributed by atoms with E-state index in [4.69, 9.17) is 11.6 Å². The number of pyridine rings is 1. The van der Waals surface area contributed by atoms with Crippen LogP contribution in [0.25, 0.3) is 10.9 Å². The molecule has 13 heavy (non-hydrogen) atoms. The minimum Gasteiger partial charge on any atom is -0.253 e. The van der Waals surface area contributed by atoms with E-state index in [9.17, 15) is 4.39 Å². The minimum atomic E-state index is -0.472. The van der Waals surface area contributed by atoms with Gasteiger partial charge in [0.25, 0.3) is 0 Å². The van der Waals surface area contributed by atoms with Crippen LogP contribution in [0, 0.1) is 5.82 Å². The Morgan fingerprint density at radius 2 is 2.08 bits per heavy atom. The molecule has 0 N–H and O–H groups in total. The van der Waals surface area contributed by atoms with Crippen molar-refractivity contribution in [2.75, 3.05) is 0 Å². The maximum absolute atomic E-state index is 13.4. The Bertz CT molecular complexity index is 472. The van der Waals surface area contributed by atoms with Gasteiger partial charge >= 0.3 is 0 Å². The Morgan fingerprint density at radius 3 is 2.85 bits per heavy atom. The van der Waals surface area contributed by atoms with E-state index < -0.39 is 5.82 Å². The van der Waals surface area contributed by atoms with Gasteiger partial charge in [0.15, 0.2) is 5.82 Å². The van der Waals surface area contributed by atoms with Gasteiger partial charge in [0.1, 0.15) is 5.52 Å². The van der Waals surface area contributed by atoms with E-state index in [1.54, 1.807) is 12.1 Å². The van der Waals surface area contributed by atoms with Crippen LogP contribution in [-0.4, -0.2) is 4.98 Å². The quantitative estimate of drug-likeness (QED) is 0.702. The van der Waals surface area contributed by atoms with Gasteiger partial charge in [-0.05, 0) is 18.2 Å². The van der Waals surface area contributed by atoms with Gasteiger partial charge in [0.05, 0.1) is 5.02 Å². The molecule has 0 amide bonds. The molecule has 1 nitrogen and oxygen atoms in total. The lowest BCUT2D eigenvalue weighted by atomic mass is 10.2. The second kappa shape index (κ2) is 3.24. The number of rotatable bonds is 0. The van der Waals surface area contributed by atoms with E-state index in [0.717, 1.165) is 9.86 Å². The summed E-state index contributed by atoms with van der Waals surface area (Å²) >= 11 is 8.92. The number of hydrogen-bond donors (Lipinski definition) is 0. The Morgan fingerprint density at radius 1 is 1.31 bits per heavy atom. The van der Waals surface area contributed by atoms with Crippen LogP contribution in [0.3, 0.4) is 0 Å². The molecular formula is C9H4BrClFN. The molecule has 0 aliphatic heterocycles. The van der Waals surface area contributed by atoms with E-state index >= 15 is 0 Å². The van der Waals surface area contributed by atoms with Gasteiger partial charge in [0, 0.05) is 16.1 Å². The van der Waals surface area contributed by atoms with E-state index in [1.807, 2.05) is 0 Å². The third-order valence-electron chi connectivity index (χ3n) is 1.75. The van der Waals surface area contributed by atoms with Crippen molar-refractivity contribution in [3.63, 3.8) is 0 Å². The standard InChI is InChI=1S/C9H4BrClFN/c10-6-3-4-13-9-5(6)1-2-7(11)8(9)12/h1-4H. The van der Waals surface area contributed by atoms with Crippen LogP contribution in [0.2, 0.25) is 5.02 Å². The molecule has 2 rings (SSSR count). The topological polar surface area (TPSA) is 12.9 Å². The lowest BCUT2D eigenvalue weighted by molar-refractivity contribution is 0.637. The van der Waals surface area contributed by atoms with Crippen LogP contribution in [0.15, 0.2) is 28.9 Å². The summed E-state index contributed by atoms with van der Waals surface area (Å²) in [6.45, 7) is 0. The first-order chi connectivity index (χ1) is 6.20. The molecule has 0 aliphatic carbocycles. The molecule has 0 saturated carbocycles. The normalized spacial score (nSPS) is 10.7. The highest BCUT2D eigenvalue weighted by Crippen LogP contribution is 2.27. The monoisotopic (exact) mass is 259 g/mol. The summed E-state index contributed by atoms with van der Waals surface area (Å²) in [7, 11) is 0. The van der Waals surface area contributed by atoms with Crippen molar-refractivity contribution in [1.29, 1.82) is 0 Å². The second-order valence-corrected chi connectivity index (χ2v) is 3.81. The van der Waals surface area contributed by atoms with E-state index in [2.05, 4.69) is 20.9 Å². The summed E-state index contributed by atoms with van der Waals surface area (Å²) in [6.07, 6.45) is 1.53. The predicted molar refractivity (Wildman–Crippen MR) is 54.4 cm³/mol. The van der Waals surface area contributed by atoms with Crippen molar-refractivity contribution in [2.45, 2.75) is 0 Å². The van der Waals surface area contributed by atoms with Gasteiger partial charge in [-0.1, -0.05) is 27.5 Å². The molecule has 0 fully saturated rings. The molecular weight excluding hydrogens is 256 g/mol. The van der Waals surface area contributed by atoms with Crippen molar-refractivity contribution in [1.82, 2.24) is 4.98 Å². The molecule has 0 saturated heterocycles. The maximum atomic E-state index is 13.4. The van der Waals surface area contributed by atoms with Crippen molar-refractivity contribution < 1.29 is 4.39 Å². The van der Waals surface area contributed by atoms with Gasteiger partial charge in [-0.2, -0.15) is 0 Å². The fourth-order valence-electron chi connectivity index (χ4n) is 1.13. The van der Waals surface area contributed by atoms with E-state index in [0.29, 0.717) is 5.52 Å². The molecule has 0 unspecified atom stereocenters. The Hall–Kier alpha value is -0.670. The molecule has 1 heterocycles. The zero-order valence-corrected chi connectivity index (χ0v) is 8.73. The van der Waals surface area contributed by atoms with Gasteiger partial charge < -0.3 is 0 Å². The first kappa shape index (κ1) is 8.91. The molecule has 4 heteroatoms. The Labute approximate surface area is 87.7 Å². The SMILES string of the molecule is Fc1c(Cl)ccc2c(Br)ccnc12. The average Bonchev–Trinajstić information content (AvgIpc) is 2.12. The fourth-order valence-corrected chi connectivity index (χ4v) is 1.72. The van der Waals surface area contributed by atoms with Crippen LogP contribution >= 0.6 is 27.5 Å². The van der Waals surface area contributed by atoms with Gasteiger partial charge in [0.2, 0.25) is 0 Å². The number of nitrogens with zero attached hydrogens (tertiary/aromatic N) is 1. The molecule has 66 valence electrons. The van der Waals surface area contributed by atoms with Crippen LogP contribution in [0.5, 0.6) is 0 Å². The largest absolute Gasteiger partial charge is 0.253 e. The lowest BCUT2D eigenvalue weighted by Gasteiger charge is -2.01. The first-order valence-corrected chi connectivity index (χ1v) is 4.75. The summed E-state index contributed by atoms with van der Waals surface area (Å²) in [5.41, 5.74) is 0.293. The van der Waals surface area contributed by atoms with Crippen LogP contribution < -0.4 is 0 Å². The fraction of sp³-hybridized carbons (Fsp3) is 0. The maximum Gasteiger partial charge on any atom is 0.168 e. The van der Waals surface area contributed by atoms with Gasteiger partial charge in [-0.3, -0.25) is 4.98 Å². The van der Waals surface area contributed by atoms with Crippen molar-refractivity contribution in [3.8, 4) is 0 Å². The van der Waals surface area contributed by atoms with Crippen molar-refractivity contribution in [3.05, 3.63) is 39.7 Å². The highest BCUT2D eigenvalue weighted by Gasteiger charge is 2.07. The van der Waals surface area contributed by atoms with Crippen LogP contribution in [-0.2, 0) is 0 Å². The minimum absolute atomic E-state index is 0.0955. The third kappa shape index (κ3) is 1.42. The third-order valence-corrected chi connectivity index (χ3v) is 2.73. The molecule has 1 aromatic heterocycles. The van der Waals surface area contributed by atoms with Gasteiger partial charge in [-0.15, -0.1) is 0 Å². The molecule has 0 aliphatic rings. The average molecular weight is 260 g/mol. The summed E-state index contributed by atoms with van der Waals surface area (Å²) in [5.74, 6) is -0.472. The molecule has 2 aromatic rings. The summed E-state index contributed by atoms with van der Waals surface area (Å²) < 4.78 is 14.2.